The van der Waals surface area contributed by atoms with Crippen molar-refractivity contribution in [2.24, 2.45) is 0 Å². The van der Waals surface area contributed by atoms with E-state index in [0.717, 1.165) is 35.5 Å². The number of aliphatic hydroxyl groups is 1. The van der Waals surface area contributed by atoms with E-state index in [1.807, 2.05) is 18.2 Å². The minimum Gasteiger partial charge on any atom is -0.439 e. The van der Waals surface area contributed by atoms with E-state index in [4.69, 9.17) is 9.52 Å². The average Bonchev–Trinajstić information content (AvgIpc) is 2.82. The quantitative estimate of drug-likeness (QED) is 0.832. The van der Waals surface area contributed by atoms with Crippen molar-refractivity contribution < 1.29 is 9.52 Å². The van der Waals surface area contributed by atoms with E-state index in [1.54, 1.807) is 0 Å². The summed E-state index contributed by atoms with van der Waals surface area (Å²) >= 11 is 0. The van der Waals surface area contributed by atoms with Crippen LogP contribution in [-0.2, 0) is 6.61 Å². The highest BCUT2D eigenvalue weighted by Crippen LogP contribution is 2.26. The van der Waals surface area contributed by atoms with Crippen molar-refractivity contribution in [3.63, 3.8) is 0 Å². The zero-order valence-corrected chi connectivity index (χ0v) is 9.65. The highest BCUT2D eigenvalue weighted by molar-refractivity contribution is 5.73. The summed E-state index contributed by atoms with van der Waals surface area (Å²) < 4.78 is 5.75. The van der Waals surface area contributed by atoms with Crippen LogP contribution in [0.25, 0.3) is 11.1 Å². The molecule has 2 heterocycles. The third kappa shape index (κ3) is 2.06. The first-order valence-electron chi connectivity index (χ1n) is 6.10. The van der Waals surface area contributed by atoms with Crippen molar-refractivity contribution in [2.75, 3.05) is 6.54 Å². The summed E-state index contributed by atoms with van der Waals surface area (Å²) in [7, 11) is 0. The van der Waals surface area contributed by atoms with Gasteiger partial charge in [0.15, 0.2) is 5.58 Å². The Labute approximate surface area is 99.7 Å². The maximum atomic E-state index is 9.08. The Morgan fingerprint density at radius 2 is 2.35 bits per heavy atom. The second-order valence-electron chi connectivity index (χ2n) is 4.51. The Morgan fingerprint density at radius 1 is 1.41 bits per heavy atom. The number of rotatable bonds is 2. The van der Waals surface area contributed by atoms with Crippen LogP contribution in [-0.4, -0.2) is 16.6 Å². The van der Waals surface area contributed by atoms with Gasteiger partial charge < -0.3 is 14.8 Å². The molecule has 1 unspecified atom stereocenters. The number of hydrogen-bond donors (Lipinski definition) is 2. The van der Waals surface area contributed by atoms with Gasteiger partial charge in [-0.25, -0.2) is 4.98 Å². The molecule has 0 bridgehead atoms. The summed E-state index contributed by atoms with van der Waals surface area (Å²) in [5.41, 5.74) is 2.50. The maximum absolute atomic E-state index is 9.08. The number of aromatic nitrogens is 1. The van der Waals surface area contributed by atoms with Gasteiger partial charge in [-0.2, -0.15) is 0 Å². The Hall–Kier alpha value is -1.39. The number of oxazole rings is 1. The van der Waals surface area contributed by atoms with Gasteiger partial charge in [0.1, 0.15) is 5.52 Å². The smallest absolute Gasteiger partial charge is 0.212 e. The molecular weight excluding hydrogens is 216 g/mol. The summed E-state index contributed by atoms with van der Waals surface area (Å²) in [5, 5.41) is 12.5. The highest BCUT2D eigenvalue weighted by Gasteiger charge is 2.20. The largest absolute Gasteiger partial charge is 0.439 e. The number of nitrogens with zero attached hydrogens (tertiary/aromatic N) is 1. The molecule has 0 saturated carbocycles. The molecule has 0 aliphatic carbocycles. The number of benzene rings is 1. The van der Waals surface area contributed by atoms with Gasteiger partial charge in [-0.1, -0.05) is 12.5 Å². The lowest BCUT2D eigenvalue weighted by atomic mass is 10.1. The van der Waals surface area contributed by atoms with E-state index in [-0.39, 0.29) is 12.6 Å². The molecule has 4 heteroatoms. The molecule has 1 saturated heterocycles. The Morgan fingerprint density at radius 3 is 3.12 bits per heavy atom. The molecule has 2 aromatic rings. The molecule has 3 rings (SSSR count). The monoisotopic (exact) mass is 232 g/mol. The summed E-state index contributed by atoms with van der Waals surface area (Å²) in [4.78, 5) is 4.50. The molecule has 1 aliphatic rings. The summed E-state index contributed by atoms with van der Waals surface area (Å²) in [6, 6.07) is 5.87. The predicted octanol–water partition coefficient (Wildman–Crippen LogP) is 2.13. The Bertz CT molecular complexity index is 515. The molecule has 4 nitrogen and oxygen atoms in total. The molecule has 1 aromatic carbocycles. The zero-order chi connectivity index (χ0) is 11.7. The van der Waals surface area contributed by atoms with E-state index < -0.39 is 0 Å². The number of nitrogens with one attached hydrogen (secondary N) is 1. The van der Waals surface area contributed by atoms with E-state index in [2.05, 4.69) is 10.3 Å². The fourth-order valence-corrected chi connectivity index (χ4v) is 2.30. The first-order chi connectivity index (χ1) is 8.36. The van der Waals surface area contributed by atoms with Crippen molar-refractivity contribution >= 4 is 11.1 Å². The number of fused-ring (bicyclic) bond motifs is 1. The van der Waals surface area contributed by atoms with E-state index in [1.165, 1.54) is 12.8 Å². The fourth-order valence-electron chi connectivity index (χ4n) is 2.30. The summed E-state index contributed by atoms with van der Waals surface area (Å²) in [6.07, 6.45) is 3.53. The first-order valence-corrected chi connectivity index (χ1v) is 6.10. The van der Waals surface area contributed by atoms with Crippen LogP contribution in [0.3, 0.4) is 0 Å². The molecule has 1 fully saturated rings. The zero-order valence-electron chi connectivity index (χ0n) is 9.65. The lowest BCUT2D eigenvalue weighted by Gasteiger charge is -2.19. The topological polar surface area (TPSA) is 58.3 Å². The van der Waals surface area contributed by atoms with E-state index >= 15 is 0 Å². The number of hydrogen-bond acceptors (Lipinski definition) is 4. The van der Waals surface area contributed by atoms with Gasteiger partial charge in [0.2, 0.25) is 5.89 Å². The number of piperidine rings is 1. The molecule has 2 N–H and O–H groups in total. The standard InChI is InChI=1S/C13H16N2O2/c16-8-9-4-5-12-11(7-9)15-13(17-12)10-3-1-2-6-14-10/h4-5,7,10,14,16H,1-3,6,8H2. The highest BCUT2D eigenvalue weighted by atomic mass is 16.3. The molecule has 0 spiro atoms. The molecule has 17 heavy (non-hydrogen) atoms. The van der Waals surface area contributed by atoms with Gasteiger partial charge in [-0.3, -0.25) is 0 Å². The third-order valence-corrected chi connectivity index (χ3v) is 3.26. The van der Waals surface area contributed by atoms with Crippen LogP contribution in [0.4, 0.5) is 0 Å². The van der Waals surface area contributed by atoms with Gasteiger partial charge in [-0.15, -0.1) is 0 Å². The summed E-state index contributed by atoms with van der Waals surface area (Å²) in [6.45, 7) is 1.07. The minimum absolute atomic E-state index is 0.0415. The molecule has 0 radical (unpaired) electrons. The normalized spacial score (nSPS) is 20.9. The van der Waals surface area contributed by atoms with E-state index in [9.17, 15) is 0 Å². The van der Waals surface area contributed by atoms with Gasteiger partial charge in [0.25, 0.3) is 0 Å². The van der Waals surface area contributed by atoms with Crippen molar-refractivity contribution in [2.45, 2.75) is 31.9 Å². The second kappa shape index (κ2) is 4.47. The predicted molar refractivity (Wildman–Crippen MR) is 64.5 cm³/mol. The van der Waals surface area contributed by atoms with E-state index in [0.29, 0.717) is 0 Å². The minimum atomic E-state index is 0.0415. The van der Waals surface area contributed by atoms with Crippen LogP contribution in [0.15, 0.2) is 22.6 Å². The molecule has 1 aromatic heterocycles. The van der Waals surface area contributed by atoms with Crippen LogP contribution in [0.1, 0.15) is 36.8 Å². The van der Waals surface area contributed by atoms with Crippen LogP contribution < -0.4 is 5.32 Å². The third-order valence-electron chi connectivity index (χ3n) is 3.26. The lowest BCUT2D eigenvalue weighted by molar-refractivity contribution is 0.282. The number of aliphatic hydroxyl groups excluding tert-OH is 1. The molecule has 90 valence electrons. The molecule has 1 aliphatic heterocycles. The lowest BCUT2D eigenvalue weighted by Crippen LogP contribution is -2.26. The van der Waals surface area contributed by atoms with Crippen LogP contribution in [0.2, 0.25) is 0 Å². The van der Waals surface area contributed by atoms with Gasteiger partial charge in [0, 0.05) is 0 Å². The van der Waals surface area contributed by atoms with Crippen LogP contribution in [0.5, 0.6) is 0 Å². The summed E-state index contributed by atoms with van der Waals surface area (Å²) in [5.74, 6) is 0.773. The molecular formula is C13H16N2O2. The van der Waals surface area contributed by atoms with Gasteiger partial charge >= 0.3 is 0 Å². The van der Waals surface area contributed by atoms with Crippen molar-refractivity contribution in [1.82, 2.24) is 10.3 Å². The van der Waals surface area contributed by atoms with Crippen molar-refractivity contribution in [1.29, 1.82) is 0 Å². The van der Waals surface area contributed by atoms with Crippen LogP contribution >= 0.6 is 0 Å². The fraction of sp³-hybridized carbons (Fsp3) is 0.462. The average molecular weight is 232 g/mol. The van der Waals surface area contributed by atoms with Crippen molar-refractivity contribution in [3.8, 4) is 0 Å². The first kappa shape index (κ1) is 10.7. The molecule has 0 amide bonds. The Kier molecular flexibility index (Phi) is 2.82. The van der Waals surface area contributed by atoms with Crippen molar-refractivity contribution in [3.05, 3.63) is 29.7 Å². The van der Waals surface area contributed by atoms with Gasteiger partial charge in [0.05, 0.1) is 12.6 Å². The van der Waals surface area contributed by atoms with Gasteiger partial charge in [-0.05, 0) is 37.1 Å². The second-order valence-corrected chi connectivity index (χ2v) is 4.51. The molecule has 1 atom stereocenters. The SMILES string of the molecule is OCc1ccc2oc(C3CCCCN3)nc2c1. The Balaban J connectivity index is 1.95. The maximum Gasteiger partial charge on any atom is 0.212 e. The van der Waals surface area contributed by atoms with Crippen LogP contribution in [0, 0.1) is 0 Å².